The molecule has 0 amide bonds. The maximum Gasteiger partial charge on any atom is 0.136 e. The highest BCUT2D eigenvalue weighted by molar-refractivity contribution is 6.00. The second kappa shape index (κ2) is 5.66. The van der Waals surface area contributed by atoms with Crippen LogP contribution in [0.25, 0.3) is 0 Å². The predicted octanol–water partition coefficient (Wildman–Crippen LogP) is 2.73. The molecule has 4 heteroatoms. The summed E-state index contributed by atoms with van der Waals surface area (Å²) in [4.78, 5) is 2.07. The van der Waals surface area contributed by atoms with Crippen molar-refractivity contribution in [3.63, 3.8) is 0 Å². The fraction of sp³-hybridized carbons (Fsp3) is 0.462. The van der Waals surface area contributed by atoms with E-state index in [9.17, 15) is 4.39 Å². The highest BCUT2D eigenvalue weighted by Gasteiger charge is 2.18. The molecule has 1 aromatic carbocycles. The highest BCUT2D eigenvalue weighted by atomic mass is 19.1. The van der Waals surface area contributed by atoms with Gasteiger partial charge in [0.05, 0.1) is 11.3 Å². The molecule has 0 aliphatic carbocycles. The molecular formula is C13H20FN3. The third kappa shape index (κ3) is 2.96. The Balaban J connectivity index is 3.27. The fourth-order valence-corrected chi connectivity index (χ4v) is 1.92. The lowest BCUT2D eigenvalue weighted by molar-refractivity contribution is 0.618. The van der Waals surface area contributed by atoms with Crippen LogP contribution in [0.2, 0.25) is 0 Å². The average molecular weight is 237 g/mol. The minimum absolute atomic E-state index is 0.203. The van der Waals surface area contributed by atoms with Crippen LogP contribution in [-0.4, -0.2) is 18.4 Å². The Morgan fingerprint density at radius 2 is 2.12 bits per heavy atom. The molecule has 0 heterocycles. The number of nitrogens with zero attached hydrogens (tertiary/aromatic N) is 1. The number of nitrogens with two attached hydrogens (primary N) is 1. The van der Waals surface area contributed by atoms with Gasteiger partial charge in [0.1, 0.15) is 11.7 Å². The Morgan fingerprint density at radius 3 is 2.59 bits per heavy atom. The van der Waals surface area contributed by atoms with Gasteiger partial charge in [0.2, 0.25) is 0 Å². The number of anilines is 1. The highest BCUT2D eigenvalue weighted by Crippen LogP contribution is 2.24. The number of hydrogen-bond acceptors (Lipinski definition) is 2. The van der Waals surface area contributed by atoms with E-state index in [4.69, 9.17) is 11.1 Å². The van der Waals surface area contributed by atoms with Gasteiger partial charge in [0, 0.05) is 12.6 Å². The summed E-state index contributed by atoms with van der Waals surface area (Å²) < 4.78 is 13.7. The smallest absolute Gasteiger partial charge is 0.136 e. The van der Waals surface area contributed by atoms with Gasteiger partial charge in [-0.05, 0) is 32.4 Å². The predicted molar refractivity (Wildman–Crippen MR) is 70.2 cm³/mol. The van der Waals surface area contributed by atoms with Crippen LogP contribution < -0.4 is 10.6 Å². The average Bonchev–Trinajstić information content (AvgIpc) is 2.24. The van der Waals surface area contributed by atoms with Crippen LogP contribution in [-0.2, 0) is 0 Å². The van der Waals surface area contributed by atoms with E-state index < -0.39 is 5.82 Å². The van der Waals surface area contributed by atoms with E-state index in [0.29, 0.717) is 5.69 Å². The van der Waals surface area contributed by atoms with Gasteiger partial charge in [0.25, 0.3) is 0 Å². The molecule has 0 saturated carbocycles. The number of nitrogens with one attached hydrogen (secondary N) is 1. The number of benzene rings is 1. The summed E-state index contributed by atoms with van der Waals surface area (Å²) in [6.07, 6.45) is 0.964. The normalized spacial score (nSPS) is 10.6. The monoisotopic (exact) mass is 237 g/mol. The van der Waals surface area contributed by atoms with E-state index in [-0.39, 0.29) is 17.4 Å². The van der Waals surface area contributed by atoms with Crippen molar-refractivity contribution in [2.75, 3.05) is 11.4 Å². The quantitative estimate of drug-likeness (QED) is 0.611. The van der Waals surface area contributed by atoms with Crippen LogP contribution in [0.4, 0.5) is 10.1 Å². The third-order valence-electron chi connectivity index (χ3n) is 2.66. The minimum Gasteiger partial charge on any atom is -0.384 e. The van der Waals surface area contributed by atoms with Crippen LogP contribution in [0.15, 0.2) is 18.2 Å². The Morgan fingerprint density at radius 1 is 1.47 bits per heavy atom. The van der Waals surface area contributed by atoms with Gasteiger partial charge in [-0.1, -0.05) is 13.0 Å². The summed E-state index contributed by atoms with van der Waals surface area (Å²) in [6, 6.07) is 5.05. The molecule has 0 unspecified atom stereocenters. The van der Waals surface area contributed by atoms with Crippen LogP contribution >= 0.6 is 0 Å². The van der Waals surface area contributed by atoms with E-state index >= 15 is 0 Å². The molecule has 3 N–H and O–H groups in total. The zero-order valence-electron chi connectivity index (χ0n) is 10.6. The van der Waals surface area contributed by atoms with Gasteiger partial charge in [-0.3, -0.25) is 5.41 Å². The Hall–Kier alpha value is -1.58. The Bertz CT molecular complexity index is 402. The molecule has 1 aromatic rings. The lowest BCUT2D eigenvalue weighted by atomic mass is 10.1. The van der Waals surface area contributed by atoms with Crippen molar-refractivity contribution in [2.45, 2.75) is 33.2 Å². The first-order valence-corrected chi connectivity index (χ1v) is 5.88. The summed E-state index contributed by atoms with van der Waals surface area (Å²) in [7, 11) is 0. The lowest BCUT2D eigenvalue weighted by Crippen LogP contribution is -2.33. The van der Waals surface area contributed by atoms with E-state index in [2.05, 4.69) is 11.8 Å². The maximum atomic E-state index is 13.7. The van der Waals surface area contributed by atoms with Crippen molar-refractivity contribution in [1.82, 2.24) is 0 Å². The molecule has 0 saturated heterocycles. The molecule has 0 bridgehead atoms. The molecule has 0 aliphatic heterocycles. The van der Waals surface area contributed by atoms with Crippen molar-refractivity contribution in [3.8, 4) is 0 Å². The van der Waals surface area contributed by atoms with Gasteiger partial charge in [-0.25, -0.2) is 4.39 Å². The Kier molecular flexibility index (Phi) is 4.49. The van der Waals surface area contributed by atoms with Crippen LogP contribution in [0, 0.1) is 11.2 Å². The Labute approximate surface area is 102 Å². The molecule has 0 atom stereocenters. The number of nitrogen functional groups attached to an aromatic ring is 1. The SMILES string of the molecule is CCCN(c1cccc(F)c1C(=N)N)C(C)C. The largest absolute Gasteiger partial charge is 0.384 e. The van der Waals surface area contributed by atoms with Crippen LogP contribution in [0.5, 0.6) is 0 Å². The summed E-state index contributed by atoms with van der Waals surface area (Å²) >= 11 is 0. The summed E-state index contributed by atoms with van der Waals surface area (Å²) in [6.45, 7) is 6.98. The summed E-state index contributed by atoms with van der Waals surface area (Å²) in [5, 5.41) is 7.49. The molecule has 0 spiro atoms. The third-order valence-corrected chi connectivity index (χ3v) is 2.66. The molecule has 17 heavy (non-hydrogen) atoms. The number of rotatable bonds is 5. The number of amidine groups is 1. The first-order valence-electron chi connectivity index (χ1n) is 5.88. The summed E-state index contributed by atoms with van der Waals surface area (Å²) in [5.41, 5.74) is 6.37. The number of halogens is 1. The minimum atomic E-state index is -0.434. The van der Waals surface area contributed by atoms with Crippen molar-refractivity contribution < 1.29 is 4.39 Å². The van der Waals surface area contributed by atoms with E-state index in [1.807, 2.05) is 19.9 Å². The van der Waals surface area contributed by atoms with Crippen molar-refractivity contribution >= 4 is 11.5 Å². The van der Waals surface area contributed by atoms with E-state index in [1.165, 1.54) is 6.07 Å². The molecule has 0 fully saturated rings. The summed E-state index contributed by atoms with van der Waals surface area (Å²) in [5.74, 6) is -0.656. The molecule has 94 valence electrons. The topological polar surface area (TPSA) is 53.1 Å². The van der Waals surface area contributed by atoms with Gasteiger partial charge < -0.3 is 10.6 Å². The molecule has 0 aromatic heterocycles. The fourth-order valence-electron chi connectivity index (χ4n) is 1.92. The van der Waals surface area contributed by atoms with E-state index in [0.717, 1.165) is 13.0 Å². The van der Waals surface area contributed by atoms with Gasteiger partial charge in [-0.15, -0.1) is 0 Å². The standard InChI is InChI=1S/C13H20FN3/c1-4-8-17(9(2)3)11-7-5-6-10(14)12(11)13(15)16/h5-7,9H,4,8H2,1-3H3,(H3,15,16). The molecular weight excluding hydrogens is 217 g/mol. The molecule has 0 radical (unpaired) electrons. The first-order chi connectivity index (χ1) is 7.99. The van der Waals surface area contributed by atoms with E-state index in [1.54, 1.807) is 6.07 Å². The van der Waals surface area contributed by atoms with Gasteiger partial charge >= 0.3 is 0 Å². The van der Waals surface area contributed by atoms with Gasteiger partial charge in [-0.2, -0.15) is 0 Å². The first kappa shape index (κ1) is 13.5. The molecule has 3 nitrogen and oxygen atoms in total. The van der Waals surface area contributed by atoms with Gasteiger partial charge in [0.15, 0.2) is 0 Å². The van der Waals surface area contributed by atoms with Crippen LogP contribution in [0.3, 0.4) is 0 Å². The second-order valence-electron chi connectivity index (χ2n) is 4.33. The van der Waals surface area contributed by atoms with Crippen molar-refractivity contribution in [2.24, 2.45) is 5.73 Å². The zero-order valence-corrected chi connectivity index (χ0v) is 10.6. The lowest BCUT2D eigenvalue weighted by Gasteiger charge is -2.30. The zero-order chi connectivity index (χ0) is 13.0. The van der Waals surface area contributed by atoms with Crippen molar-refractivity contribution in [1.29, 1.82) is 5.41 Å². The second-order valence-corrected chi connectivity index (χ2v) is 4.33. The molecule has 1 rings (SSSR count). The van der Waals surface area contributed by atoms with Crippen LogP contribution in [0.1, 0.15) is 32.8 Å². The molecule has 0 aliphatic rings. The maximum absolute atomic E-state index is 13.7. The number of hydrogen-bond donors (Lipinski definition) is 2. The van der Waals surface area contributed by atoms with Crippen molar-refractivity contribution in [3.05, 3.63) is 29.6 Å².